The van der Waals surface area contributed by atoms with Gasteiger partial charge in [0.25, 0.3) is 5.56 Å². The van der Waals surface area contributed by atoms with E-state index in [4.69, 9.17) is 0 Å². The van der Waals surface area contributed by atoms with Crippen molar-refractivity contribution < 1.29 is 4.92 Å². The molecule has 0 aliphatic heterocycles. The maximum absolute atomic E-state index is 12.6. The Bertz CT molecular complexity index is 917. The lowest BCUT2D eigenvalue weighted by Gasteiger charge is -2.04. The maximum Gasteiger partial charge on any atom is 0.333 e. The van der Waals surface area contributed by atoms with Gasteiger partial charge in [-0.05, 0) is 19.9 Å². The lowest BCUT2D eigenvalue weighted by molar-refractivity contribution is -0.383. The van der Waals surface area contributed by atoms with E-state index < -0.39 is 4.92 Å². The van der Waals surface area contributed by atoms with Crippen molar-refractivity contribution in [2.45, 2.75) is 13.8 Å². The predicted molar refractivity (Wildman–Crippen MR) is 82.4 cm³/mol. The number of rotatable bonds is 2. The van der Waals surface area contributed by atoms with E-state index in [0.29, 0.717) is 16.8 Å². The summed E-state index contributed by atoms with van der Waals surface area (Å²) in [6, 6.07) is 3.46. The lowest BCUT2D eigenvalue weighted by atomic mass is 10.1. The molecule has 9 heteroatoms. The molecule has 3 heterocycles. The van der Waals surface area contributed by atoms with Gasteiger partial charge in [-0.2, -0.15) is 4.52 Å². The van der Waals surface area contributed by atoms with Gasteiger partial charge in [-0.3, -0.25) is 25.0 Å². The summed E-state index contributed by atoms with van der Waals surface area (Å²) in [7, 11) is 0. The molecule has 0 unspecified atom stereocenters. The van der Waals surface area contributed by atoms with Crippen LogP contribution in [0.4, 0.5) is 5.69 Å². The summed E-state index contributed by atoms with van der Waals surface area (Å²) in [5.74, 6) is 0. The fourth-order valence-electron chi connectivity index (χ4n) is 2.34. The fourth-order valence-corrected chi connectivity index (χ4v) is 2.34. The average molecular weight is 322 g/mol. The van der Waals surface area contributed by atoms with Gasteiger partial charge in [-0.25, -0.2) is 4.98 Å². The zero-order valence-corrected chi connectivity index (χ0v) is 12.5. The van der Waals surface area contributed by atoms with Gasteiger partial charge in [-0.1, -0.05) is 6.07 Å². The molecule has 0 aliphatic carbocycles. The Labute approximate surface area is 130 Å². The van der Waals surface area contributed by atoms with Crippen LogP contribution >= 0.6 is 12.4 Å². The Balaban J connectivity index is 0.00000176. The summed E-state index contributed by atoms with van der Waals surface area (Å²) in [6.07, 6.45) is 3.16. The van der Waals surface area contributed by atoms with Crippen molar-refractivity contribution in [2.75, 3.05) is 0 Å². The minimum atomic E-state index is -0.545. The van der Waals surface area contributed by atoms with E-state index in [1.165, 1.54) is 6.92 Å². The van der Waals surface area contributed by atoms with E-state index in [-0.39, 0.29) is 35.0 Å². The topological polar surface area (TPSA) is 106 Å². The Morgan fingerprint density at radius 1 is 1.36 bits per heavy atom. The van der Waals surface area contributed by atoms with Crippen molar-refractivity contribution >= 4 is 23.7 Å². The number of halogens is 1. The fraction of sp³-hybridized carbons (Fsp3) is 0.154. The second-order valence-electron chi connectivity index (χ2n) is 4.62. The van der Waals surface area contributed by atoms with Crippen molar-refractivity contribution in [2.24, 2.45) is 0 Å². The van der Waals surface area contributed by atoms with Crippen LogP contribution in [0.25, 0.3) is 16.8 Å². The number of hydrogen-bond acceptors (Lipinski definition) is 5. The van der Waals surface area contributed by atoms with Gasteiger partial charge in [0.2, 0.25) is 5.65 Å². The van der Waals surface area contributed by atoms with Gasteiger partial charge >= 0.3 is 5.69 Å². The molecule has 0 bridgehead atoms. The smallest absolute Gasteiger partial charge is 0.287 e. The molecule has 0 amide bonds. The highest BCUT2D eigenvalue weighted by atomic mass is 35.5. The number of aromatic amines is 1. The molecule has 0 aromatic carbocycles. The number of H-pyrrole nitrogens is 1. The molecule has 22 heavy (non-hydrogen) atoms. The standard InChI is InChI=1S/C13H11N5O3.ClH/c1-7-10(9-4-3-5-14-6-9)13(19)17-12(15-7)11(18(20)21)8(2)16-17;/h3-6,16H,1-2H3;1H. The van der Waals surface area contributed by atoms with Crippen molar-refractivity contribution in [1.82, 2.24) is 19.6 Å². The van der Waals surface area contributed by atoms with Crippen molar-refractivity contribution in [3.63, 3.8) is 0 Å². The van der Waals surface area contributed by atoms with Crippen LogP contribution < -0.4 is 5.56 Å². The normalized spacial score (nSPS) is 10.5. The number of aromatic nitrogens is 4. The third-order valence-corrected chi connectivity index (χ3v) is 3.24. The van der Waals surface area contributed by atoms with Crippen LogP contribution in [-0.2, 0) is 0 Å². The molecule has 0 spiro atoms. The summed E-state index contributed by atoms with van der Waals surface area (Å²) < 4.78 is 1.10. The molecule has 0 saturated heterocycles. The zero-order chi connectivity index (χ0) is 15.1. The van der Waals surface area contributed by atoms with Crippen LogP contribution in [-0.4, -0.2) is 24.5 Å². The van der Waals surface area contributed by atoms with Crippen LogP contribution in [0.2, 0.25) is 0 Å². The molecule has 3 aromatic heterocycles. The summed E-state index contributed by atoms with van der Waals surface area (Å²) in [6.45, 7) is 3.18. The monoisotopic (exact) mass is 321 g/mol. The van der Waals surface area contributed by atoms with Crippen LogP contribution in [0.3, 0.4) is 0 Å². The average Bonchev–Trinajstić information content (AvgIpc) is 2.76. The molecule has 8 nitrogen and oxygen atoms in total. The van der Waals surface area contributed by atoms with Gasteiger partial charge in [0.15, 0.2) is 0 Å². The third kappa shape index (κ3) is 2.23. The molecule has 114 valence electrons. The van der Waals surface area contributed by atoms with Gasteiger partial charge < -0.3 is 0 Å². The third-order valence-electron chi connectivity index (χ3n) is 3.24. The van der Waals surface area contributed by atoms with Gasteiger partial charge in [-0.15, -0.1) is 12.4 Å². The number of hydrogen-bond donors (Lipinski definition) is 1. The molecule has 3 rings (SSSR count). The molecular formula is C13H12ClN5O3. The Morgan fingerprint density at radius 2 is 2.09 bits per heavy atom. The summed E-state index contributed by atoms with van der Waals surface area (Å²) in [4.78, 5) is 31.3. The molecule has 3 aromatic rings. The van der Waals surface area contributed by atoms with Gasteiger partial charge in [0, 0.05) is 18.0 Å². The highest BCUT2D eigenvalue weighted by Crippen LogP contribution is 2.24. The first-order chi connectivity index (χ1) is 10.0. The van der Waals surface area contributed by atoms with Crippen molar-refractivity contribution in [3.8, 4) is 11.1 Å². The van der Waals surface area contributed by atoms with Crippen molar-refractivity contribution in [3.05, 3.63) is 56.4 Å². The largest absolute Gasteiger partial charge is 0.333 e. The maximum atomic E-state index is 12.6. The van der Waals surface area contributed by atoms with E-state index >= 15 is 0 Å². The molecule has 1 N–H and O–H groups in total. The molecule has 0 radical (unpaired) electrons. The quantitative estimate of drug-likeness (QED) is 0.574. The SMILES string of the molecule is Cc1nc2c([N+](=O)[O-])c(C)[nH]n2c(=O)c1-c1cccnc1.Cl. The second-order valence-corrected chi connectivity index (χ2v) is 4.62. The Morgan fingerprint density at radius 3 is 2.68 bits per heavy atom. The molecule has 0 fully saturated rings. The van der Waals surface area contributed by atoms with E-state index in [2.05, 4.69) is 15.1 Å². The van der Waals surface area contributed by atoms with Crippen LogP contribution in [0.15, 0.2) is 29.3 Å². The summed E-state index contributed by atoms with van der Waals surface area (Å²) in [5.41, 5.74) is 1.15. The molecule has 0 saturated carbocycles. The first-order valence-corrected chi connectivity index (χ1v) is 6.17. The Hall–Kier alpha value is -2.74. The van der Waals surface area contributed by atoms with Crippen LogP contribution in [0, 0.1) is 24.0 Å². The molecular weight excluding hydrogens is 310 g/mol. The second kappa shape index (κ2) is 5.57. The zero-order valence-electron chi connectivity index (χ0n) is 11.7. The number of nitrogens with one attached hydrogen (secondary N) is 1. The highest BCUT2D eigenvalue weighted by Gasteiger charge is 2.24. The summed E-state index contributed by atoms with van der Waals surface area (Å²) >= 11 is 0. The predicted octanol–water partition coefficient (Wildman–Crippen LogP) is 2.03. The van der Waals surface area contributed by atoms with E-state index in [9.17, 15) is 14.9 Å². The summed E-state index contributed by atoms with van der Waals surface area (Å²) in [5, 5.41) is 13.8. The minimum Gasteiger partial charge on any atom is -0.287 e. The number of aryl methyl sites for hydroxylation is 2. The van der Waals surface area contributed by atoms with Gasteiger partial charge in [0.1, 0.15) is 5.69 Å². The number of fused-ring (bicyclic) bond motifs is 1. The molecule has 0 aliphatic rings. The lowest BCUT2D eigenvalue weighted by Crippen LogP contribution is -2.19. The van der Waals surface area contributed by atoms with Gasteiger partial charge in [0.05, 0.1) is 16.2 Å². The van der Waals surface area contributed by atoms with E-state index in [1.807, 2.05) is 0 Å². The molecule has 0 atom stereocenters. The van der Waals surface area contributed by atoms with E-state index in [1.54, 1.807) is 31.5 Å². The Kier molecular flexibility index (Phi) is 3.96. The minimum absolute atomic E-state index is 0. The van der Waals surface area contributed by atoms with E-state index in [0.717, 1.165) is 4.52 Å². The number of nitrogens with zero attached hydrogens (tertiary/aromatic N) is 4. The first kappa shape index (κ1) is 15.6. The number of pyridine rings is 1. The highest BCUT2D eigenvalue weighted by molar-refractivity contribution is 5.85. The first-order valence-electron chi connectivity index (χ1n) is 6.17. The van der Waals surface area contributed by atoms with Crippen LogP contribution in [0.1, 0.15) is 11.4 Å². The number of nitro groups is 1. The van der Waals surface area contributed by atoms with Crippen molar-refractivity contribution in [1.29, 1.82) is 0 Å². The van der Waals surface area contributed by atoms with Crippen LogP contribution in [0.5, 0.6) is 0 Å².